The van der Waals surface area contributed by atoms with Crippen LogP contribution in [0, 0.1) is 5.82 Å². The summed E-state index contributed by atoms with van der Waals surface area (Å²) < 4.78 is 14.0. The zero-order chi connectivity index (χ0) is 14.3. The molecule has 1 aromatic heterocycles. The predicted octanol–water partition coefficient (Wildman–Crippen LogP) is 2.58. The Kier molecular flexibility index (Phi) is 3.38. The first kappa shape index (κ1) is 13.4. The van der Waals surface area contributed by atoms with Gasteiger partial charge in [0.1, 0.15) is 11.3 Å². The third-order valence-corrected chi connectivity index (χ3v) is 4.33. The van der Waals surface area contributed by atoms with E-state index in [2.05, 4.69) is 28.7 Å². The van der Waals surface area contributed by atoms with E-state index < -0.39 is 0 Å². The summed E-state index contributed by atoms with van der Waals surface area (Å²) in [4.78, 5) is 18.8. The Morgan fingerprint density at radius 1 is 1.25 bits per heavy atom. The van der Waals surface area contributed by atoms with Crippen molar-refractivity contribution in [3.63, 3.8) is 0 Å². The van der Waals surface area contributed by atoms with Gasteiger partial charge in [0.05, 0.1) is 5.52 Å². The molecule has 1 aliphatic heterocycles. The zero-order valence-electron chi connectivity index (χ0n) is 11.9. The van der Waals surface area contributed by atoms with Crippen molar-refractivity contribution in [1.82, 2.24) is 14.9 Å². The van der Waals surface area contributed by atoms with E-state index in [4.69, 9.17) is 0 Å². The van der Waals surface area contributed by atoms with Crippen molar-refractivity contribution >= 4 is 11.0 Å². The molecule has 108 valence electrons. The number of halogens is 1. The fourth-order valence-electron chi connectivity index (χ4n) is 3.11. The van der Waals surface area contributed by atoms with Gasteiger partial charge in [-0.1, -0.05) is 0 Å². The lowest BCUT2D eigenvalue weighted by Gasteiger charge is -2.34. The molecule has 1 saturated heterocycles. The normalized spacial score (nSPS) is 18.2. The van der Waals surface area contributed by atoms with E-state index in [1.807, 2.05) is 6.07 Å². The fourth-order valence-corrected chi connectivity index (χ4v) is 3.11. The molecular weight excluding hydrogens is 257 g/mol. The van der Waals surface area contributed by atoms with Gasteiger partial charge >= 0.3 is 5.69 Å². The SMILES string of the molecule is CC(C)N1CCC(c2cc(F)c3[nH]c(=O)[nH]c3c2)CC1. The van der Waals surface area contributed by atoms with Crippen LogP contribution in [0.2, 0.25) is 0 Å². The topological polar surface area (TPSA) is 51.9 Å². The van der Waals surface area contributed by atoms with Gasteiger partial charge in [0.2, 0.25) is 0 Å². The summed E-state index contributed by atoms with van der Waals surface area (Å²) >= 11 is 0. The van der Waals surface area contributed by atoms with Gasteiger partial charge in [0, 0.05) is 6.04 Å². The minimum absolute atomic E-state index is 0.276. The van der Waals surface area contributed by atoms with Crippen molar-refractivity contribution in [1.29, 1.82) is 0 Å². The van der Waals surface area contributed by atoms with Gasteiger partial charge in [-0.05, 0) is 63.4 Å². The van der Waals surface area contributed by atoms with Crippen molar-refractivity contribution in [2.45, 2.75) is 38.6 Å². The number of rotatable bonds is 2. The number of nitrogens with zero attached hydrogens (tertiary/aromatic N) is 1. The van der Waals surface area contributed by atoms with Gasteiger partial charge in [-0.3, -0.25) is 0 Å². The molecule has 3 rings (SSSR count). The van der Waals surface area contributed by atoms with Crippen molar-refractivity contribution in [2.24, 2.45) is 0 Å². The van der Waals surface area contributed by atoms with Gasteiger partial charge in [0.15, 0.2) is 0 Å². The molecule has 0 aliphatic carbocycles. The Bertz CT molecular complexity index is 665. The number of hydrogen-bond acceptors (Lipinski definition) is 2. The van der Waals surface area contributed by atoms with Crippen LogP contribution < -0.4 is 5.69 Å². The standard InChI is InChI=1S/C15H20FN3O/c1-9(2)19-5-3-10(4-6-19)11-7-12(16)14-13(8-11)17-15(20)18-14/h7-10H,3-6H2,1-2H3,(H2,17,18,20). The first-order valence-electron chi connectivity index (χ1n) is 7.20. The first-order chi connectivity index (χ1) is 9.54. The van der Waals surface area contributed by atoms with Gasteiger partial charge in [-0.25, -0.2) is 9.18 Å². The second kappa shape index (κ2) is 5.05. The van der Waals surface area contributed by atoms with Crippen molar-refractivity contribution < 1.29 is 4.39 Å². The molecule has 0 radical (unpaired) electrons. The number of benzene rings is 1. The summed E-state index contributed by atoms with van der Waals surface area (Å²) in [6, 6.07) is 4.05. The summed E-state index contributed by atoms with van der Waals surface area (Å²) in [7, 11) is 0. The molecule has 0 saturated carbocycles. The van der Waals surface area contributed by atoms with E-state index in [0.29, 0.717) is 17.5 Å². The molecule has 0 bridgehead atoms. The van der Waals surface area contributed by atoms with Crippen LogP contribution in [0.3, 0.4) is 0 Å². The number of imidazole rings is 1. The van der Waals surface area contributed by atoms with Crippen molar-refractivity contribution in [3.05, 3.63) is 34.0 Å². The van der Waals surface area contributed by atoms with Crippen LogP contribution >= 0.6 is 0 Å². The largest absolute Gasteiger partial charge is 0.323 e. The minimum atomic E-state index is -0.356. The van der Waals surface area contributed by atoms with Crippen LogP contribution in [0.4, 0.5) is 4.39 Å². The lowest BCUT2D eigenvalue weighted by molar-refractivity contribution is 0.172. The van der Waals surface area contributed by atoms with E-state index in [-0.39, 0.29) is 17.0 Å². The molecule has 0 atom stereocenters. The Balaban J connectivity index is 1.86. The Morgan fingerprint density at radius 2 is 1.95 bits per heavy atom. The Morgan fingerprint density at radius 3 is 2.60 bits per heavy atom. The van der Waals surface area contributed by atoms with Gasteiger partial charge in [-0.2, -0.15) is 0 Å². The summed E-state index contributed by atoms with van der Waals surface area (Å²) in [5.74, 6) is 0.0319. The number of fused-ring (bicyclic) bond motifs is 1. The van der Waals surface area contributed by atoms with Crippen molar-refractivity contribution in [3.8, 4) is 0 Å². The molecule has 4 nitrogen and oxygen atoms in total. The molecule has 1 aliphatic rings. The highest BCUT2D eigenvalue weighted by atomic mass is 19.1. The molecule has 2 N–H and O–H groups in total. The monoisotopic (exact) mass is 277 g/mol. The quantitative estimate of drug-likeness (QED) is 0.886. The summed E-state index contributed by atoms with van der Waals surface area (Å²) in [6.45, 7) is 6.50. The molecular formula is C15H20FN3O. The zero-order valence-corrected chi connectivity index (χ0v) is 11.9. The number of aromatic nitrogens is 2. The minimum Gasteiger partial charge on any atom is -0.306 e. The predicted molar refractivity (Wildman–Crippen MR) is 77.6 cm³/mol. The summed E-state index contributed by atoms with van der Waals surface area (Å²) in [5.41, 5.74) is 1.48. The molecule has 20 heavy (non-hydrogen) atoms. The van der Waals surface area contributed by atoms with Crippen LogP contribution in [-0.2, 0) is 0 Å². The maximum Gasteiger partial charge on any atom is 0.323 e. The van der Waals surface area contributed by atoms with Crippen molar-refractivity contribution in [2.75, 3.05) is 13.1 Å². The first-order valence-corrected chi connectivity index (χ1v) is 7.20. The van der Waals surface area contributed by atoms with Gasteiger partial charge in [-0.15, -0.1) is 0 Å². The molecule has 0 unspecified atom stereocenters. The van der Waals surface area contributed by atoms with E-state index in [0.717, 1.165) is 31.5 Å². The average Bonchev–Trinajstić information content (AvgIpc) is 2.80. The van der Waals surface area contributed by atoms with Gasteiger partial charge in [0.25, 0.3) is 0 Å². The molecule has 2 aromatic rings. The Hall–Kier alpha value is -1.62. The average molecular weight is 277 g/mol. The lowest BCUT2D eigenvalue weighted by atomic mass is 9.88. The van der Waals surface area contributed by atoms with Crippen LogP contribution in [0.5, 0.6) is 0 Å². The lowest BCUT2D eigenvalue weighted by Crippen LogP contribution is -2.37. The molecule has 0 amide bonds. The van der Waals surface area contributed by atoms with Crippen LogP contribution in [-0.4, -0.2) is 34.0 Å². The number of nitrogens with one attached hydrogen (secondary N) is 2. The molecule has 1 aromatic carbocycles. The number of hydrogen-bond donors (Lipinski definition) is 2. The number of aromatic amines is 2. The number of H-pyrrole nitrogens is 2. The van der Waals surface area contributed by atoms with E-state index in [1.165, 1.54) is 0 Å². The second-order valence-electron chi connectivity index (χ2n) is 5.91. The van der Waals surface area contributed by atoms with Gasteiger partial charge < -0.3 is 14.9 Å². The maximum atomic E-state index is 14.0. The third kappa shape index (κ3) is 2.38. The van der Waals surface area contributed by atoms with E-state index in [9.17, 15) is 9.18 Å². The smallest absolute Gasteiger partial charge is 0.306 e. The van der Waals surface area contributed by atoms with Crippen LogP contribution in [0.15, 0.2) is 16.9 Å². The highest BCUT2D eigenvalue weighted by Gasteiger charge is 2.23. The van der Waals surface area contributed by atoms with Crippen LogP contribution in [0.25, 0.3) is 11.0 Å². The highest BCUT2D eigenvalue weighted by molar-refractivity contribution is 5.76. The third-order valence-electron chi connectivity index (χ3n) is 4.33. The summed E-state index contributed by atoms with van der Waals surface area (Å²) in [5, 5.41) is 0. The van der Waals surface area contributed by atoms with Crippen LogP contribution in [0.1, 0.15) is 38.2 Å². The molecule has 1 fully saturated rings. The second-order valence-corrected chi connectivity index (χ2v) is 5.91. The van der Waals surface area contributed by atoms with E-state index >= 15 is 0 Å². The molecule has 0 spiro atoms. The molecule has 2 heterocycles. The maximum absolute atomic E-state index is 14.0. The fraction of sp³-hybridized carbons (Fsp3) is 0.533. The number of likely N-dealkylation sites (tertiary alicyclic amines) is 1. The Labute approximate surface area is 117 Å². The summed E-state index contributed by atoms with van der Waals surface area (Å²) in [6.07, 6.45) is 2.08. The number of piperidine rings is 1. The highest BCUT2D eigenvalue weighted by Crippen LogP contribution is 2.30. The van der Waals surface area contributed by atoms with E-state index in [1.54, 1.807) is 6.07 Å². The molecule has 5 heteroatoms.